The Balaban J connectivity index is 1.54. The van der Waals surface area contributed by atoms with Crippen molar-refractivity contribution in [2.45, 2.75) is 195 Å². The molecule has 21 heteroatoms. The fourth-order valence-corrected chi connectivity index (χ4v) is 9.90. The molecule has 0 spiro atoms. The molecule has 2 saturated heterocycles. The van der Waals surface area contributed by atoms with Gasteiger partial charge in [-0.1, -0.05) is 98.9 Å². The molecule has 3 heterocycles. The van der Waals surface area contributed by atoms with E-state index in [-0.39, 0.29) is 36.9 Å². The molecule has 0 aromatic heterocycles. The molecule has 1 aromatic rings. The van der Waals surface area contributed by atoms with Crippen LogP contribution >= 0.6 is 0 Å². The molecule has 21 nitrogen and oxygen atoms in total. The van der Waals surface area contributed by atoms with Crippen molar-refractivity contribution in [2.75, 3.05) is 5.73 Å². The quantitative estimate of drug-likeness (QED) is 0.0908. The molecule has 3 aliphatic heterocycles. The molecule has 19 atom stereocenters. The fraction of sp³-hybridized carbons (Fsp3) is 0.586. The van der Waals surface area contributed by atoms with Gasteiger partial charge >= 0.3 is 11.9 Å². The highest BCUT2D eigenvalue weighted by Gasteiger charge is 2.51. The lowest BCUT2D eigenvalue weighted by Gasteiger charge is -2.45. The summed E-state index contributed by atoms with van der Waals surface area (Å²) in [5, 5.41) is 119. The second kappa shape index (κ2) is 33.0. The molecule has 0 amide bonds. The summed E-state index contributed by atoms with van der Waals surface area (Å²) in [7, 11) is 0. The number of carbonyl (C=O) groups is 4. The number of benzene rings is 1. The maximum atomic E-state index is 13.3. The van der Waals surface area contributed by atoms with Gasteiger partial charge in [-0.3, -0.25) is 19.2 Å². The first-order valence-electron chi connectivity index (χ1n) is 26.9. The fourth-order valence-electron chi connectivity index (χ4n) is 9.90. The predicted molar refractivity (Wildman–Crippen MR) is 290 cm³/mol. The minimum absolute atomic E-state index is 0.128. The minimum atomic E-state index is -2.34. The number of cyclic esters (lactones) is 1. The van der Waals surface area contributed by atoms with Crippen LogP contribution in [-0.2, 0) is 33.3 Å². The number of carboxylic acid groups (broad SMARTS) is 1. The Morgan fingerprint density at radius 1 is 0.709 bits per heavy atom. The lowest BCUT2D eigenvalue weighted by Crippen LogP contribution is -2.61. The van der Waals surface area contributed by atoms with Crippen LogP contribution in [0.15, 0.2) is 109 Å². The van der Waals surface area contributed by atoms with E-state index >= 15 is 0 Å². The van der Waals surface area contributed by atoms with Gasteiger partial charge in [0.15, 0.2) is 17.9 Å². The number of rotatable bonds is 10. The molecule has 0 aliphatic carbocycles. The largest absolute Gasteiger partial charge is 0.481 e. The first-order chi connectivity index (χ1) is 37.3. The van der Waals surface area contributed by atoms with Crippen molar-refractivity contribution in [1.29, 1.82) is 0 Å². The number of fused-ring (bicyclic) bond motifs is 2. The number of Topliss-reactive ketones (excluding diaryl/α,β-unsaturated/α-hetero) is 2. The van der Waals surface area contributed by atoms with E-state index in [0.29, 0.717) is 17.7 Å². The van der Waals surface area contributed by atoms with Crippen LogP contribution < -0.4 is 11.5 Å². The zero-order chi connectivity index (χ0) is 58.4. The maximum Gasteiger partial charge on any atom is 0.311 e. The third-order valence-corrected chi connectivity index (χ3v) is 14.1. The van der Waals surface area contributed by atoms with Gasteiger partial charge < -0.3 is 86.6 Å². The zero-order valence-electron chi connectivity index (χ0n) is 45.1. The standard InChI is InChI=1S/C58H84N2O19/c1-34-16-14-12-10-8-6-4-5-7-9-11-13-15-17-46(77-57-54(72)52(60)53(71)36(3)76-57)31-49-51(56(73)74)48(69)33-58(75,79-49)32-45(67)28-43(65)26-41(63)24-40(62)25-42(64)27-44(66)30-50(70)78-55(34)35(2)18-23-39(61)29-47(68)37-19-21-38(59)22-20-37/h4-17,19-22,34-36,39-41,43-46,48-49,51-55,57,61-63,65-67,69,71-72,75H,18,23-33,59-60H2,1-3H3,(H,73,74)/b5-4+,8-6+,9-7+,12-10+,13-11+,16-14+,17-15+/t34?,35?,36-,39?,40?,41?,43?,44?,45?,46?,48?,49?,51?,52+,53?,54?,55?,57?,58?/m1/s1. The summed E-state index contributed by atoms with van der Waals surface area (Å²) in [6, 6.07) is 5.21. The highest BCUT2D eigenvalue weighted by Crippen LogP contribution is 2.38. The number of esters is 1. The number of aliphatic hydroxyl groups excluding tert-OH is 9. The average molecular weight is 1110 g/mol. The summed E-state index contributed by atoms with van der Waals surface area (Å²) in [4.78, 5) is 51.6. The monoisotopic (exact) mass is 1110 g/mol. The molecule has 79 heavy (non-hydrogen) atoms. The van der Waals surface area contributed by atoms with E-state index < -0.39 is 172 Å². The van der Waals surface area contributed by atoms with E-state index in [1.165, 1.54) is 13.0 Å². The number of carboxylic acids is 1. The number of ketones is 2. The van der Waals surface area contributed by atoms with Gasteiger partial charge in [0.2, 0.25) is 0 Å². The van der Waals surface area contributed by atoms with Gasteiger partial charge in [-0.15, -0.1) is 0 Å². The Morgan fingerprint density at radius 3 is 1.85 bits per heavy atom. The van der Waals surface area contributed by atoms with Crippen molar-refractivity contribution in [3.05, 3.63) is 115 Å². The van der Waals surface area contributed by atoms with Gasteiger partial charge in [0.05, 0.1) is 79.6 Å². The number of allylic oxidation sites excluding steroid dienone is 12. The third-order valence-electron chi connectivity index (χ3n) is 14.1. The van der Waals surface area contributed by atoms with Crippen LogP contribution in [0.1, 0.15) is 108 Å². The van der Waals surface area contributed by atoms with Crippen molar-refractivity contribution in [1.82, 2.24) is 0 Å². The Kier molecular flexibility index (Phi) is 27.7. The number of hydrogen-bond donors (Lipinski definition) is 13. The Morgan fingerprint density at radius 2 is 1.25 bits per heavy atom. The number of nitrogen functional groups attached to an aromatic ring is 1. The van der Waals surface area contributed by atoms with Gasteiger partial charge in [-0.05, 0) is 69.2 Å². The van der Waals surface area contributed by atoms with Crippen LogP contribution in [0, 0.1) is 17.8 Å². The number of ether oxygens (including phenoxy) is 4. The highest BCUT2D eigenvalue weighted by atomic mass is 16.7. The number of hydrogen-bond acceptors (Lipinski definition) is 20. The summed E-state index contributed by atoms with van der Waals surface area (Å²) in [6.07, 6.45) is 1.70. The Labute approximate surface area is 461 Å². The van der Waals surface area contributed by atoms with E-state index in [4.69, 9.17) is 30.4 Å². The number of anilines is 1. The van der Waals surface area contributed by atoms with E-state index in [1.807, 2.05) is 19.9 Å². The van der Waals surface area contributed by atoms with Crippen molar-refractivity contribution >= 4 is 29.2 Å². The van der Waals surface area contributed by atoms with E-state index in [2.05, 4.69) is 0 Å². The van der Waals surface area contributed by atoms with Crippen molar-refractivity contribution in [3.8, 4) is 0 Å². The zero-order valence-corrected chi connectivity index (χ0v) is 45.1. The first kappa shape index (κ1) is 66.4. The van der Waals surface area contributed by atoms with Crippen LogP contribution in [0.2, 0.25) is 0 Å². The van der Waals surface area contributed by atoms with Crippen molar-refractivity contribution in [3.63, 3.8) is 0 Å². The maximum absolute atomic E-state index is 13.3. The van der Waals surface area contributed by atoms with Crippen LogP contribution in [0.5, 0.6) is 0 Å². The van der Waals surface area contributed by atoms with Crippen LogP contribution in [0.4, 0.5) is 5.69 Å². The van der Waals surface area contributed by atoms with E-state index in [1.54, 1.807) is 97.2 Å². The summed E-state index contributed by atoms with van der Waals surface area (Å²) < 4.78 is 23.7. The van der Waals surface area contributed by atoms with E-state index in [0.717, 1.165) is 0 Å². The van der Waals surface area contributed by atoms with Crippen molar-refractivity contribution < 1.29 is 94.3 Å². The van der Waals surface area contributed by atoms with Crippen molar-refractivity contribution in [2.24, 2.45) is 23.5 Å². The molecular weight excluding hydrogens is 1030 g/mol. The molecule has 15 N–H and O–H groups in total. The van der Waals surface area contributed by atoms with Crippen LogP contribution in [0.25, 0.3) is 0 Å². The summed E-state index contributed by atoms with van der Waals surface area (Å²) >= 11 is 0. The Hall–Kier alpha value is -5.08. The predicted octanol–water partition coefficient (Wildman–Crippen LogP) is 2.29. The molecule has 17 unspecified atom stereocenters. The molecular formula is C58H84N2O19. The van der Waals surface area contributed by atoms with E-state index in [9.17, 15) is 75.3 Å². The second-order valence-corrected chi connectivity index (χ2v) is 21.2. The smallest absolute Gasteiger partial charge is 0.311 e. The molecule has 2 fully saturated rings. The Bertz CT molecular complexity index is 2280. The number of carbonyl (C=O) groups excluding carboxylic acids is 3. The SMILES string of the molecule is CC1/C=C/C=C/C=C/C=C/C=C/C=C/C=C/C(OC2O[C@H](C)C(O)[C@H](N)C2O)CC2OC(O)(CC(O)CC(O)CC(O)CC(O)CC(=O)CC(O)CC(=O)OC1C(C)CCC(O)CC(=O)c1ccc(N)cc1)CC(O)C2C(=O)O. The van der Waals surface area contributed by atoms with Gasteiger partial charge in [0.1, 0.15) is 23.9 Å². The average Bonchev–Trinajstić information content (AvgIpc) is 3.35. The number of nitrogens with two attached hydrogens (primary N) is 2. The summed E-state index contributed by atoms with van der Waals surface area (Å²) in [5.41, 5.74) is 12.7. The number of aliphatic carboxylic acids is 1. The molecule has 4 rings (SSSR count). The first-order valence-corrected chi connectivity index (χ1v) is 26.9. The molecule has 1 aromatic carbocycles. The lowest BCUT2D eigenvalue weighted by molar-refractivity contribution is -0.308. The second-order valence-electron chi connectivity index (χ2n) is 21.2. The van der Waals surface area contributed by atoms with Gasteiger partial charge in [-0.25, -0.2) is 0 Å². The molecule has 440 valence electrons. The molecule has 0 radical (unpaired) electrons. The highest BCUT2D eigenvalue weighted by molar-refractivity contribution is 5.96. The van der Waals surface area contributed by atoms with Crippen LogP contribution in [-0.4, -0.2) is 177 Å². The van der Waals surface area contributed by atoms with Crippen LogP contribution in [0.3, 0.4) is 0 Å². The normalized spacial score (nSPS) is 38.4. The topological polar surface area (TPSA) is 380 Å². The molecule has 3 aliphatic rings. The molecule has 2 bridgehead atoms. The minimum Gasteiger partial charge on any atom is -0.481 e. The van der Waals surface area contributed by atoms with Gasteiger partial charge in [0.25, 0.3) is 0 Å². The summed E-state index contributed by atoms with van der Waals surface area (Å²) in [5.74, 6) is -7.81. The van der Waals surface area contributed by atoms with Gasteiger partial charge in [0, 0.05) is 55.7 Å². The van der Waals surface area contributed by atoms with Gasteiger partial charge in [-0.2, -0.15) is 0 Å². The third kappa shape index (κ3) is 23.1. The molecule has 0 saturated carbocycles. The lowest BCUT2D eigenvalue weighted by atomic mass is 9.82. The number of aliphatic hydroxyl groups is 10. The summed E-state index contributed by atoms with van der Waals surface area (Å²) in [6.45, 7) is 5.20.